The van der Waals surface area contributed by atoms with Gasteiger partial charge in [0, 0.05) is 68.2 Å². The number of nitrogens with zero attached hydrogens (tertiary/aromatic N) is 5. The second-order valence-electron chi connectivity index (χ2n) is 8.29. The first kappa shape index (κ1) is 25.4. The first-order chi connectivity index (χ1) is 17.4. The lowest BCUT2D eigenvalue weighted by Crippen LogP contribution is -2.49. The molecule has 0 fully saturated rings. The van der Waals surface area contributed by atoms with Gasteiger partial charge in [0.2, 0.25) is 0 Å². The van der Waals surface area contributed by atoms with Crippen LogP contribution in [0.15, 0.2) is 49.1 Å². The Balaban J connectivity index is 1.34. The Morgan fingerprint density at radius 1 is 1.28 bits per heavy atom. The number of hydrogen-bond acceptors (Lipinski definition) is 8. The highest BCUT2D eigenvalue weighted by atomic mass is 32.2. The topological polar surface area (TPSA) is 165 Å². The van der Waals surface area contributed by atoms with E-state index in [0.717, 1.165) is 35.2 Å². The molecule has 0 bridgehead atoms. The van der Waals surface area contributed by atoms with E-state index in [-0.39, 0.29) is 12.1 Å². The SMILES string of the molecule is O=C(NC[C@@H](C(=O)O)N(Cc1ccncc1)S(=O)[O-])c1cnn(CCc2ccc3c(n2)NCCC3)c1. The largest absolute Gasteiger partial charge is 0.760 e. The van der Waals surface area contributed by atoms with Gasteiger partial charge in [-0.15, -0.1) is 0 Å². The lowest BCUT2D eigenvalue weighted by molar-refractivity contribution is -0.141. The van der Waals surface area contributed by atoms with Crippen molar-refractivity contribution in [2.75, 3.05) is 18.4 Å². The highest BCUT2D eigenvalue weighted by Crippen LogP contribution is 2.20. The van der Waals surface area contributed by atoms with E-state index < -0.39 is 35.7 Å². The minimum Gasteiger partial charge on any atom is -0.760 e. The molecule has 0 saturated carbocycles. The van der Waals surface area contributed by atoms with Crippen molar-refractivity contribution in [3.8, 4) is 0 Å². The molecule has 0 radical (unpaired) electrons. The van der Waals surface area contributed by atoms with Crippen LogP contribution < -0.4 is 10.6 Å². The lowest BCUT2D eigenvalue weighted by Gasteiger charge is -2.30. The van der Waals surface area contributed by atoms with Gasteiger partial charge in [0.15, 0.2) is 0 Å². The van der Waals surface area contributed by atoms with Crippen LogP contribution in [0.2, 0.25) is 0 Å². The molecule has 3 aromatic heterocycles. The molecule has 190 valence electrons. The van der Waals surface area contributed by atoms with Crippen LogP contribution >= 0.6 is 0 Å². The van der Waals surface area contributed by atoms with E-state index in [1.165, 1.54) is 24.2 Å². The van der Waals surface area contributed by atoms with Crippen molar-refractivity contribution in [1.29, 1.82) is 0 Å². The molecule has 0 saturated heterocycles. The summed E-state index contributed by atoms with van der Waals surface area (Å²) >= 11 is -2.83. The molecule has 1 aliphatic heterocycles. The van der Waals surface area contributed by atoms with Crippen LogP contribution in [0.3, 0.4) is 0 Å². The summed E-state index contributed by atoms with van der Waals surface area (Å²) < 4.78 is 25.9. The van der Waals surface area contributed by atoms with Gasteiger partial charge in [-0.1, -0.05) is 6.07 Å². The number of aliphatic carboxylic acids is 1. The van der Waals surface area contributed by atoms with E-state index in [0.29, 0.717) is 18.5 Å². The van der Waals surface area contributed by atoms with Gasteiger partial charge in [-0.25, -0.2) is 9.29 Å². The summed E-state index contributed by atoms with van der Waals surface area (Å²) in [5, 5.41) is 19.6. The summed E-state index contributed by atoms with van der Waals surface area (Å²) in [4.78, 5) is 32.9. The molecular weight excluding hydrogens is 486 g/mol. The molecule has 1 unspecified atom stereocenters. The number of hydrogen-bond donors (Lipinski definition) is 3. The van der Waals surface area contributed by atoms with Crippen molar-refractivity contribution in [3.05, 3.63) is 71.4 Å². The smallest absolute Gasteiger partial charge is 0.323 e. The van der Waals surface area contributed by atoms with Gasteiger partial charge < -0.3 is 20.3 Å². The fraction of sp³-hybridized carbons (Fsp3) is 0.348. The number of aryl methyl sites for hydroxylation is 3. The van der Waals surface area contributed by atoms with Gasteiger partial charge in [-0.05, 0) is 42.2 Å². The zero-order chi connectivity index (χ0) is 25.5. The molecule has 36 heavy (non-hydrogen) atoms. The lowest BCUT2D eigenvalue weighted by atomic mass is 10.1. The molecular formula is C23H26N7O5S-. The molecule has 1 aliphatic rings. The molecule has 12 nitrogen and oxygen atoms in total. The molecule has 3 aromatic rings. The average molecular weight is 513 g/mol. The van der Waals surface area contributed by atoms with E-state index in [4.69, 9.17) is 0 Å². The maximum Gasteiger partial charge on any atom is 0.323 e. The summed E-state index contributed by atoms with van der Waals surface area (Å²) in [6.07, 6.45) is 8.64. The predicted molar refractivity (Wildman–Crippen MR) is 129 cm³/mol. The minimum absolute atomic E-state index is 0.171. The number of fused-ring (bicyclic) bond motifs is 1. The van der Waals surface area contributed by atoms with Crippen molar-refractivity contribution in [2.45, 2.75) is 38.4 Å². The first-order valence-corrected chi connectivity index (χ1v) is 12.4. The first-order valence-electron chi connectivity index (χ1n) is 11.4. The Morgan fingerprint density at radius 2 is 2.08 bits per heavy atom. The fourth-order valence-corrected chi connectivity index (χ4v) is 4.51. The van der Waals surface area contributed by atoms with E-state index in [1.807, 2.05) is 6.07 Å². The molecule has 3 N–H and O–H groups in total. The van der Waals surface area contributed by atoms with E-state index in [2.05, 4.69) is 31.8 Å². The Labute approximate surface area is 210 Å². The van der Waals surface area contributed by atoms with Crippen LogP contribution in [0.4, 0.5) is 5.82 Å². The zero-order valence-corrected chi connectivity index (χ0v) is 20.2. The summed E-state index contributed by atoms with van der Waals surface area (Å²) in [5.41, 5.74) is 2.93. The molecule has 0 spiro atoms. The molecule has 2 atom stereocenters. The number of anilines is 1. The Morgan fingerprint density at radius 3 is 2.83 bits per heavy atom. The maximum absolute atomic E-state index is 12.6. The molecule has 13 heteroatoms. The summed E-state index contributed by atoms with van der Waals surface area (Å²) in [7, 11) is 0. The number of carboxylic acid groups (broad SMARTS) is 1. The molecule has 4 heterocycles. The number of nitrogens with one attached hydrogen (secondary N) is 2. The van der Waals surface area contributed by atoms with Gasteiger partial charge in [0.25, 0.3) is 5.91 Å². The number of aromatic nitrogens is 4. The van der Waals surface area contributed by atoms with Gasteiger partial charge in [-0.3, -0.25) is 23.5 Å². The van der Waals surface area contributed by atoms with Gasteiger partial charge >= 0.3 is 5.97 Å². The van der Waals surface area contributed by atoms with Gasteiger partial charge in [-0.2, -0.15) is 5.10 Å². The second-order valence-corrected chi connectivity index (χ2v) is 9.20. The second kappa shape index (κ2) is 11.8. The zero-order valence-electron chi connectivity index (χ0n) is 19.4. The number of carbonyl (C=O) groups excluding carboxylic acids is 1. The van der Waals surface area contributed by atoms with Crippen LogP contribution in [-0.4, -0.2) is 68.9 Å². The average Bonchev–Trinajstić information content (AvgIpc) is 3.36. The minimum atomic E-state index is -2.83. The highest BCUT2D eigenvalue weighted by molar-refractivity contribution is 7.76. The van der Waals surface area contributed by atoms with Gasteiger partial charge in [0.05, 0.1) is 11.8 Å². The Bertz CT molecular complexity index is 1240. The number of carboxylic acids is 1. The van der Waals surface area contributed by atoms with E-state index in [9.17, 15) is 23.5 Å². The quantitative estimate of drug-likeness (QED) is 0.314. The van der Waals surface area contributed by atoms with Crippen molar-refractivity contribution >= 4 is 29.0 Å². The Kier molecular flexibility index (Phi) is 8.36. The number of pyridine rings is 2. The third-order valence-electron chi connectivity index (χ3n) is 5.81. The van der Waals surface area contributed by atoms with Crippen LogP contribution in [0, 0.1) is 0 Å². The number of rotatable bonds is 11. The van der Waals surface area contributed by atoms with Crippen molar-refractivity contribution in [1.82, 2.24) is 29.4 Å². The standard InChI is InChI=1S/C23H27N7O5S/c31-22(26-13-20(23(32)33)30(36(34)35)14-16-5-9-24-10-6-16)18-12-27-29(15-18)11-7-19-4-3-17-2-1-8-25-21(17)28-19/h3-6,9-10,12,15,20H,1-2,7-8,11,13-14H2,(H,25,28)(H,26,31)(H,32,33)(H,34,35)/p-1/t20-/m0/s1. The molecule has 0 aliphatic carbocycles. The number of carbonyl (C=O) groups is 2. The third-order valence-corrected chi connectivity index (χ3v) is 6.58. The van der Waals surface area contributed by atoms with E-state index >= 15 is 0 Å². The molecule has 0 aromatic carbocycles. The van der Waals surface area contributed by atoms with Crippen LogP contribution in [0.1, 0.15) is 33.6 Å². The van der Waals surface area contributed by atoms with Crippen molar-refractivity contribution in [2.24, 2.45) is 0 Å². The summed E-state index contributed by atoms with van der Waals surface area (Å²) in [6, 6.07) is 5.76. The maximum atomic E-state index is 12.6. The predicted octanol–water partition coefficient (Wildman–Crippen LogP) is 0.753. The summed E-state index contributed by atoms with van der Waals surface area (Å²) in [5.74, 6) is -1.01. The molecule has 1 amide bonds. The summed E-state index contributed by atoms with van der Waals surface area (Å²) in [6.45, 7) is 0.835. The third kappa shape index (κ3) is 6.50. The van der Waals surface area contributed by atoms with Crippen LogP contribution in [-0.2, 0) is 42.0 Å². The van der Waals surface area contributed by atoms with E-state index in [1.54, 1.807) is 23.0 Å². The van der Waals surface area contributed by atoms with Crippen molar-refractivity contribution in [3.63, 3.8) is 0 Å². The normalized spacial score (nSPS) is 14.5. The fourth-order valence-electron chi connectivity index (χ4n) is 3.88. The monoisotopic (exact) mass is 512 g/mol. The van der Waals surface area contributed by atoms with Crippen LogP contribution in [0.5, 0.6) is 0 Å². The highest BCUT2D eigenvalue weighted by Gasteiger charge is 2.28. The molecule has 4 rings (SSSR count). The Hall–Kier alpha value is -3.68. The van der Waals surface area contributed by atoms with Crippen molar-refractivity contribution < 1.29 is 23.5 Å². The number of amides is 1. The van der Waals surface area contributed by atoms with Crippen LogP contribution in [0.25, 0.3) is 0 Å². The van der Waals surface area contributed by atoms with Gasteiger partial charge in [0.1, 0.15) is 11.9 Å².